The molecule has 3 aromatic rings. The van der Waals surface area contributed by atoms with E-state index in [1.807, 2.05) is 66.7 Å². The third kappa shape index (κ3) is 6.51. The van der Waals surface area contributed by atoms with Crippen LogP contribution in [0.1, 0.15) is 48.8 Å². The quantitative estimate of drug-likeness (QED) is 0.301. The minimum atomic E-state index is -1.15. The normalized spacial score (nSPS) is 16.2. The standard InChI is InChI=1S/C32H34N2O6/c1-20(39-18-22-9-3-2-4-10-22)29(30(35)33-28(31(36)37)17-21-15-16-21)34-32(38)40-19-27-25-13-7-5-11-23(25)24-12-6-8-14-26(24)27/h2-14,20-21,27-29H,15-19H2,1H3,(H,33,35)(H,34,38)(H,36,37). The number of hydrogen-bond acceptors (Lipinski definition) is 5. The monoisotopic (exact) mass is 542 g/mol. The Morgan fingerprint density at radius 3 is 2.08 bits per heavy atom. The molecule has 0 bridgehead atoms. The van der Waals surface area contributed by atoms with Gasteiger partial charge in [-0.25, -0.2) is 9.59 Å². The molecule has 2 aliphatic rings. The zero-order valence-electron chi connectivity index (χ0n) is 22.4. The van der Waals surface area contributed by atoms with Crippen molar-refractivity contribution in [2.75, 3.05) is 6.61 Å². The van der Waals surface area contributed by atoms with Crippen LogP contribution in [-0.2, 0) is 25.7 Å². The summed E-state index contributed by atoms with van der Waals surface area (Å²) in [5.41, 5.74) is 5.29. The van der Waals surface area contributed by atoms with E-state index < -0.39 is 36.2 Å². The molecule has 3 aromatic carbocycles. The second-order valence-electron chi connectivity index (χ2n) is 10.5. The first-order valence-corrected chi connectivity index (χ1v) is 13.7. The molecule has 2 aliphatic carbocycles. The van der Waals surface area contributed by atoms with E-state index in [0.717, 1.165) is 40.7 Å². The van der Waals surface area contributed by atoms with E-state index in [0.29, 0.717) is 12.3 Å². The number of nitrogens with one attached hydrogen (secondary N) is 2. The van der Waals surface area contributed by atoms with Crippen LogP contribution < -0.4 is 10.6 Å². The summed E-state index contributed by atoms with van der Waals surface area (Å²) >= 11 is 0. The Balaban J connectivity index is 1.26. The fraction of sp³-hybridized carbons (Fsp3) is 0.344. The number of carbonyl (C=O) groups excluding carboxylic acids is 2. The largest absolute Gasteiger partial charge is 0.480 e. The Morgan fingerprint density at radius 2 is 1.48 bits per heavy atom. The Bertz CT molecular complexity index is 1310. The van der Waals surface area contributed by atoms with Crippen molar-refractivity contribution in [3.05, 3.63) is 95.6 Å². The fourth-order valence-corrected chi connectivity index (χ4v) is 5.23. The molecular formula is C32H34N2O6. The number of fused-ring (bicyclic) bond motifs is 3. The summed E-state index contributed by atoms with van der Waals surface area (Å²) in [6.07, 6.45) is 0.746. The van der Waals surface area contributed by atoms with Crippen LogP contribution >= 0.6 is 0 Å². The highest BCUT2D eigenvalue weighted by atomic mass is 16.5. The van der Waals surface area contributed by atoms with Crippen molar-refractivity contribution in [3.8, 4) is 11.1 Å². The van der Waals surface area contributed by atoms with Crippen molar-refractivity contribution in [1.82, 2.24) is 10.6 Å². The van der Waals surface area contributed by atoms with Crippen LogP contribution in [0.4, 0.5) is 4.79 Å². The number of benzene rings is 3. The number of carboxylic acid groups (broad SMARTS) is 1. The highest BCUT2D eigenvalue weighted by Gasteiger charge is 2.35. The Hall–Kier alpha value is -4.17. The first-order chi connectivity index (χ1) is 19.4. The number of alkyl carbamates (subject to hydrolysis) is 1. The molecule has 3 unspecified atom stereocenters. The van der Waals surface area contributed by atoms with Gasteiger partial charge in [-0.1, -0.05) is 91.7 Å². The van der Waals surface area contributed by atoms with Gasteiger partial charge < -0.3 is 25.2 Å². The molecule has 8 nitrogen and oxygen atoms in total. The van der Waals surface area contributed by atoms with E-state index in [-0.39, 0.29) is 19.1 Å². The van der Waals surface area contributed by atoms with Gasteiger partial charge in [-0.2, -0.15) is 0 Å². The number of carbonyl (C=O) groups is 3. The predicted octanol–water partition coefficient (Wildman–Crippen LogP) is 4.87. The second-order valence-corrected chi connectivity index (χ2v) is 10.5. The van der Waals surface area contributed by atoms with E-state index >= 15 is 0 Å². The molecule has 0 radical (unpaired) electrons. The molecule has 8 heteroatoms. The SMILES string of the molecule is CC(OCc1ccccc1)C(NC(=O)OCC1c2ccccc2-c2ccccc21)C(=O)NC(CC1CC1)C(=O)O. The van der Waals surface area contributed by atoms with Gasteiger partial charge in [0.1, 0.15) is 18.7 Å². The second kappa shape index (κ2) is 12.3. The number of rotatable bonds is 12. The van der Waals surface area contributed by atoms with Crippen molar-refractivity contribution in [1.29, 1.82) is 0 Å². The van der Waals surface area contributed by atoms with Crippen molar-refractivity contribution >= 4 is 18.0 Å². The number of carboxylic acids is 1. The van der Waals surface area contributed by atoms with Crippen LogP contribution in [0.25, 0.3) is 11.1 Å². The van der Waals surface area contributed by atoms with Gasteiger partial charge in [0.25, 0.3) is 0 Å². The van der Waals surface area contributed by atoms with E-state index in [4.69, 9.17) is 9.47 Å². The van der Waals surface area contributed by atoms with Crippen molar-refractivity contribution in [3.63, 3.8) is 0 Å². The molecule has 0 saturated heterocycles. The summed E-state index contributed by atoms with van der Waals surface area (Å²) in [6.45, 7) is 1.99. The maximum atomic E-state index is 13.3. The summed E-state index contributed by atoms with van der Waals surface area (Å²) in [5, 5.41) is 14.9. The molecule has 1 fully saturated rings. The highest BCUT2D eigenvalue weighted by molar-refractivity contribution is 5.89. The van der Waals surface area contributed by atoms with Crippen LogP contribution in [0.15, 0.2) is 78.9 Å². The number of hydrogen-bond donors (Lipinski definition) is 3. The van der Waals surface area contributed by atoms with Crippen molar-refractivity contribution < 1.29 is 29.0 Å². The van der Waals surface area contributed by atoms with Crippen LogP contribution in [0.5, 0.6) is 0 Å². The van der Waals surface area contributed by atoms with Crippen LogP contribution in [0, 0.1) is 5.92 Å². The molecule has 208 valence electrons. The number of ether oxygens (including phenoxy) is 2. The van der Waals surface area contributed by atoms with E-state index in [1.54, 1.807) is 6.92 Å². The lowest BCUT2D eigenvalue weighted by Crippen LogP contribution is -2.56. The van der Waals surface area contributed by atoms with Crippen LogP contribution in [-0.4, -0.2) is 47.9 Å². The van der Waals surface area contributed by atoms with Gasteiger partial charge in [0.15, 0.2) is 0 Å². The molecule has 0 aromatic heterocycles. The minimum Gasteiger partial charge on any atom is -0.480 e. The smallest absolute Gasteiger partial charge is 0.407 e. The van der Waals surface area contributed by atoms with E-state index in [2.05, 4.69) is 22.8 Å². The van der Waals surface area contributed by atoms with Crippen molar-refractivity contribution in [2.45, 2.75) is 56.9 Å². The first kappa shape index (κ1) is 27.4. The summed E-state index contributed by atoms with van der Waals surface area (Å²) in [6, 6.07) is 23.4. The maximum absolute atomic E-state index is 13.3. The van der Waals surface area contributed by atoms with Gasteiger partial charge in [-0.15, -0.1) is 0 Å². The zero-order valence-corrected chi connectivity index (χ0v) is 22.4. The lowest BCUT2D eigenvalue weighted by atomic mass is 9.98. The summed E-state index contributed by atoms with van der Waals surface area (Å²) in [7, 11) is 0. The molecule has 0 aliphatic heterocycles. The van der Waals surface area contributed by atoms with Gasteiger partial charge >= 0.3 is 12.1 Å². The third-order valence-electron chi connectivity index (χ3n) is 7.61. The predicted molar refractivity (Wildman–Crippen MR) is 150 cm³/mol. The molecule has 3 N–H and O–H groups in total. The fourth-order valence-electron chi connectivity index (χ4n) is 5.23. The molecule has 0 heterocycles. The van der Waals surface area contributed by atoms with Crippen LogP contribution in [0.2, 0.25) is 0 Å². The third-order valence-corrected chi connectivity index (χ3v) is 7.61. The Labute approximate surface area is 233 Å². The van der Waals surface area contributed by atoms with E-state index in [1.165, 1.54) is 0 Å². The zero-order chi connectivity index (χ0) is 28.1. The van der Waals surface area contributed by atoms with Gasteiger partial charge in [0.05, 0.1) is 12.7 Å². The van der Waals surface area contributed by atoms with Gasteiger partial charge in [-0.05, 0) is 47.1 Å². The molecular weight excluding hydrogens is 508 g/mol. The summed E-state index contributed by atoms with van der Waals surface area (Å²) in [4.78, 5) is 38.2. The summed E-state index contributed by atoms with van der Waals surface area (Å²) < 4.78 is 11.6. The minimum absolute atomic E-state index is 0.0902. The molecule has 3 atom stereocenters. The number of amides is 2. The average Bonchev–Trinajstić information content (AvgIpc) is 3.73. The molecule has 2 amide bonds. The van der Waals surface area contributed by atoms with E-state index in [9.17, 15) is 19.5 Å². The van der Waals surface area contributed by atoms with Gasteiger partial charge in [-0.3, -0.25) is 4.79 Å². The lowest BCUT2D eigenvalue weighted by Gasteiger charge is -2.26. The molecule has 5 rings (SSSR count). The van der Waals surface area contributed by atoms with Crippen LogP contribution in [0.3, 0.4) is 0 Å². The highest BCUT2D eigenvalue weighted by Crippen LogP contribution is 2.44. The lowest BCUT2D eigenvalue weighted by molar-refractivity contribution is -0.143. The molecule has 0 spiro atoms. The van der Waals surface area contributed by atoms with Gasteiger partial charge in [0, 0.05) is 5.92 Å². The Morgan fingerprint density at radius 1 is 0.875 bits per heavy atom. The molecule has 40 heavy (non-hydrogen) atoms. The first-order valence-electron chi connectivity index (χ1n) is 13.7. The maximum Gasteiger partial charge on any atom is 0.407 e. The summed E-state index contributed by atoms with van der Waals surface area (Å²) in [5.74, 6) is -1.56. The Kier molecular flexibility index (Phi) is 8.45. The topological polar surface area (TPSA) is 114 Å². The molecule has 1 saturated carbocycles. The van der Waals surface area contributed by atoms with Gasteiger partial charge in [0.2, 0.25) is 5.91 Å². The van der Waals surface area contributed by atoms with Crippen molar-refractivity contribution in [2.24, 2.45) is 5.92 Å². The average molecular weight is 543 g/mol. The number of aliphatic carboxylic acids is 1.